The summed E-state index contributed by atoms with van der Waals surface area (Å²) in [4.78, 5) is 12.9. The van der Waals surface area contributed by atoms with E-state index in [1.807, 2.05) is 47.4 Å². The van der Waals surface area contributed by atoms with Gasteiger partial charge in [0.1, 0.15) is 0 Å². The number of nitrogens with zero attached hydrogens (tertiary/aromatic N) is 2. The van der Waals surface area contributed by atoms with Gasteiger partial charge >= 0.3 is 0 Å². The van der Waals surface area contributed by atoms with E-state index in [9.17, 15) is 0 Å². The van der Waals surface area contributed by atoms with Crippen molar-refractivity contribution in [2.45, 2.75) is 15.2 Å². The summed E-state index contributed by atoms with van der Waals surface area (Å²) in [6.45, 7) is 0. The van der Waals surface area contributed by atoms with Gasteiger partial charge in [-0.3, -0.25) is 0 Å². The average Bonchev–Trinajstić information content (AvgIpc) is 3.72. The molecule has 238 valence electrons. The van der Waals surface area contributed by atoms with E-state index >= 15 is 0 Å². The minimum absolute atomic E-state index is 0.449. The molecule has 0 fully saturated rings. The molecule has 0 N–H and O–H groups in total. The van der Waals surface area contributed by atoms with Gasteiger partial charge in [0.15, 0.2) is 5.82 Å². The summed E-state index contributed by atoms with van der Waals surface area (Å²) in [5.74, 6) is 0.725. The summed E-state index contributed by atoms with van der Waals surface area (Å²) in [6.07, 6.45) is 0. The van der Waals surface area contributed by atoms with Crippen molar-refractivity contribution in [2.75, 3.05) is 0 Å². The molecule has 2 nitrogen and oxygen atoms in total. The lowest BCUT2D eigenvalue weighted by Gasteiger charge is -2.39. The van der Waals surface area contributed by atoms with Gasteiger partial charge in [-0.15, -0.1) is 11.3 Å². The van der Waals surface area contributed by atoms with Crippen molar-refractivity contribution in [2.24, 2.45) is 0 Å². The normalized spacial score (nSPS) is 13.6. The van der Waals surface area contributed by atoms with Crippen molar-refractivity contribution < 1.29 is 0 Å². The minimum Gasteiger partial charge on any atom is -0.228 e. The van der Waals surface area contributed by atoms with E-state index in [1.165, 1.54) is 63.3 Å². The predicted octanol–water partition coefficient (Wildman–Crippen LogP) is 12.7. The topological polar surface area (TPSA) is 25.8 Å². The molecule has 51 heavy (non-hydrogen) atoms. The van der Waals surface area contributed by atoms with E-state index in [2.05, 4.69) is 146 Å². The molecule has 3 heterocycles. The number of aromatic nitrogens is 2. The Hall–Kier alpha value is -5.81. The van der Waals surface area contributed by atoms with Gasteiger partial charge in [0, 0.05) is 46.7 Å². The van der Waals surface area contributed by atoms with Crippen LogP contribution in [-0.2, 0) is 5.41 Å². The summed E-state index contributed by atoms with van der Waals surface area (Å²) in [6, 6.07) is 61.7. The second-order valence-electron chi connectivity index (χ2n) is 13.3. The summed E-state index contributed by atoms with van der Waals surface area (Å²) in [7, 11) is 0. The third kappa shape index (κ3) is 4.18. The maximum Gasteiger partial charge on any atom is 0.160 e. The van der Waals surface area contributed by atoms with E-state index in [1.54, 1.807) is 0 Å². The molecule has 11 rings (SSSR count). The fraction of sp³-hybridized carbons (Fsp3) is 0.0213. The number of thiophene rings is 1. The molecule has 7 aromatic carbocycles. The highest BCUT2D eigenvalue weighted by Gasteiger charge is 2.51. The zero-order valence-electron chi connectivity index (χ0n) is 27.4. The lowest BCUT2D eigenvalue weighted by atomic mass is 9.67. The molecular formula is C47H28N2S2. The molecule has 1 aliphatic heterocycles. The molecule has 2 aliphatic rings. The lowest BCUT2D eigenvalue weighted by molar-refractivity contribution is 0.723. The van der Waals surface area contributed by atoms with Crippen LogP contribution in [-0.4, -0.2) is 9.97 Å². The molecule has 1 aliphatic carbocycles. The van der Waals surface area contributed by atoms with Crippen molar-refractivity contribution in [3.05, 3.63) is 192 Å². The smallest absolute Gasteiger partial charge is 0.160 e. The van der Waals surface area contributed by atoms with Crippen LogP contribution in [0.15, 0.2) is 180 Å². The second kappa shape index (κ2) is 11.1. The average molecular weight is 685 g/mol. The quantitative estimate of drug-likeness (QED) is 0.185. The Morgan fingerprint density at radius 2 is 1.04 bits per heavy atom. The van der Waals surface area contributed by atoms with Gasteiger partial charge in [-0.1, -0.05) is 145 Å². The predicted molar refractivity (Wildman–Crippen MR) is 213 cm³/mol. The molecule has 0 saturated carbocycles. The maximum atomic E-state index is 5.25. The summed E-state index contributed by atoms with van der Waals surface area (Å²) < 4.78 is 2.63. The van der Waals surface area contributed by atoms with Crippen molar-refractivity contribution in [3.63, 3.8) is 0 Å². The first-order chi connectivity index (χ1) is 25.3. The minimum atomic E-state index is -0.449. The van der Waals surface area contributed by atoms with E-state index in [4.69, 9.17) is 9.97 Å². The van der Waals surface area contributed by atoms with Gasteiger partial charge < -0.3 is 0 Å². The zero-order chi connectivity index (χ0) is 33.5. The molecule has 9 aromatic rings. The number of rotatable bonds is 3. The van der Waals surface area contributed by atoms with E-state index in [0.29, 0.717) is 0 Å². The Bertz CT molecular complexity index is 2730. The monoisotopic (exact) mass is 684 g/mol. The number of fused-ring (bicyclic) bond motifs is 13. The Labute approximate surface area is 304 Å². The van der Waals surface area contributed by atoms with Gasteiger partial charge in [0.05, 0.1) is 16.8 Å². The Balaban J connectivity index is 1.24. The van der Waals surface area contributed by atoms with Crippen LogP contribution < -0.4 is 0 Å². The molecule has 2 aromatic heterocycles. The van der Waals surface area contributed by atoms with Gasteiger partial charge in [0.2, 0.25) is 0 Å². The summed E-state index contributed by atoms with van der Waals surface area (Å²) in [5, 5.41) is 2.66. The van der Waals surface area contributed by atoms with Gasteiger partial charge in [0.25, 0.3) is 0 Å². The van der Waals surface area contributed by atoms with Crippen LogP contribution in [0.5, 0.6) is 0 Å². The van der Waals surface area contributed by atoms with Crippen LogP contribution >= 0.6 is 23.1 Å². The Kier molecular flexibility index (Phi) is 6.30. The summed E-state index contributed by atoms with van der Waals surface area (Å²) >= 11 is 3.77. The molecular weight excluding hydrogens is 657 g/mol. The number of benzene rings is 7. The van der Waals surface area contributed by atoms with E-state index in [-0.39, 0.29) is 0 Å². The van der Waals surface area contributed by atoms with Crippen LogP contribution in [0.25, 0.3) is 65.2 Å². The fourth-order valence-electron chi connectivity index (χ4n) is 8.43. The third-order valence-corrected chi connectivity index (χ3v) is 12.9. The summed E-state index contributed by atoms with van der Waals surface area (Å²) in [5.41, 5.74) is 12.5. The largest absolute Gasteiger partial charge is 0.228 e. The van der Waals surface area contributed by atoms with Gasteiger partial charge in [-0.25, -0.2) is 9.97 Å². The lowest BCUT2D eigenvalue weighted by Crippen LogP contribution is -2.31. The third-order valence-electron chi connectivity index (χ3n) is 10.6. The Morgan fingerprint density at radius 1 is 0.431 bits per heavy atom. The zero-order valence-corrected chi connectivity index (χ0v) is 29.0. The molecule has 0 atom stereocenters. The number of hydrogen-bond acceptors (Lipinski definition) is 4. The fourth-order valence-corrected chi connectivity index (χ4v) is 10.7. The highest BCUT2D eigenvalue weighted by molar-refractivity contribution is 7.99. The maximum absolute atomic E-state index is 5.25. The first kappa shape index (κ1) is 29.0. The molecule has 4 heteroatoms. The molecule has 0 radical (unpaired) electrons. The highest BCUT2D eigenvalue weighted by Crippen LogP contribution is 2.64. The Morgan fingerprint density at radius 3 is 1.78 bits per heavy atom. The van der Waals surface area contributed by atoms with Crippen LogP contribution in [0, 0.1) is 0 Å². The van der Waals surface area contributed by atoms with Gasteiger partial charge in [-0.2, -0.15) is 0 Å². The first-order valence-corrected chi connectivity index (χ1v) is 18.9. The molecule has 0 saturated heterocycles. The SMILES string of the molecule is c1ccc(-c2cc(-c3ccc4c(c3)-c3c(ccc5sc6ccccc6c35)C43c4ccccc4Sc4ccccc43)nc(-c3ccccc3)n2)cc1. The van der Waals surface area contributed by atoms with Crippen LogP contribution in [0.1, 0.15) is 22.3 Å². The van der Waals surface area contributed by atoms with Crippen molar-refractivity contribution in [1.29, 1.82) is 0 Å². The second-order valence-corrected chi connectivity index (χ2v) is 15.4. The van der Waals surface area contributed by atoms with E-state index in [0.717, 1.165) is 33.9 Å². The highest BCUT2D eigenvalue weighted by atomic mass is 32.2. The first-order valence-electron chi connectivity index (χ1n) is 17.2. The van der Waals surface area contributed by atoms with Crippen LogP contribution in [0.2, 0.25) is 0 Å². The van der Waals surface area contributed by atoms with Crippen molar-refractivity contribution >= 4 is 43.3 Å². The van der Waals surface area contributed by atoms with Gasteiger partial charge in [-0.05, 0) is 69.8 Å². The van der Waals surface area contributed by atoms with E-state index < -0.39 is 5.41 Å². The van der Waals surface area contributed by atoms with Crippen molar-refractivity contribution in [3.8, 4) is 45.0 Å². The van der Waals surface area contributed by atoms with Crippen LogP contribution in [0.3, 0.4) is 0 Å². The standard InChI is InChI=1S/C47H28N2S2/c1-3-13-29(14-4-1)38-28-39(49-46(48-38)30-15-5-2-6-16-30)31-23-24-34-33(27-31)44-37(25-26-43-45(44)32-17-7-10-20-40(32)50-43)47(34)35-18-8-11-21-41(35)51-42-22-12-9-19-36(42)47/h1-28H. The van der Waals surface area contributed by atoms with Crippen molar-refractivity contribution in [1.82, 2.24) is 9.97 Å². The molecule has 0 amide bonds. The molecule has 1 spiro atoms. The molecule has 0 bridgehead atoms. The molecule has 0 unspecified atom stereocenters. The number of hydrogen-bond donors (Lipinski definition) is 0. The van der Waals surface area contributed by atoms with Crippen LogP contribution in [0.4, 0.5) is 0 Å².